The fourth-order valence-corrected chi connectivity index (χ4v) is 5.01. The molecule has 2 atom stereocenters. The molecule has 3 aromatic rings. The number of Topliss-reactive ketones (excluding diaryl/α,β-unsaturated/α-hetero) is 1. The summed E-state index contributed by atoms with van der Waals surface area (Å²) in [6, 6.07) is 9.48. The molecule has 0 radical (unpaired) electrons. The molecular weight excluding hydrogens is 489 g/mol. The second kappa shape index (κ2) is 9.40. The largest absolute Gasteiger partial charge is 0.507 e. The van der Waals surface area contributed by atoms with Crippen molar-refractivity contribution in [3.63, 3.8) is 0 Å². The van der Waals surface area contributed by atoms with Gasteiger partial charge in [-0.3, -0.25) is 9.59 Å². The molecule has 3 heterocycles. The molecule has 0 saturated carbocycles. The van der Waals surface area contributed by atoms with Gasteiger partial charge in [-0.05, 0) is 54.8 Å². The molecular formula is C26H23Cl2N3O4. The Hall–Kier alpha value is -3.29. The summed E-state index contributed by atoms with van der Waals surface area (Å²) in [6.07, 6.45) is 6.56. The van der Waals surface area contributed by atoms with E-state index in [1.54, 1.807) is 42.9 Å². The topological polar surface area (TPSA) is 84.7 Å². The second-order valence-corrected chi connectivity index (χ2v) is 9.59. The number of likely N-dealkylation sites (tertiary alicyclic amines) is 1. The van der Waals surface area contributed by atoms with Crippen molar-refractivity contribution >= 4 is 40.7 Å². The maximum Gasteiger partial charge on any atom is 0.295 e. The number of aromatic nitrogens is 2. The van der Waals surface area contributed by atoms with Gasteiger partial charge in [-0.1, -0.05) is 29.3 Å². The number of ketones is 1. The third kappa shape index (κ3) is 4.42. The summed E-state index contributed by atoms with van der Waals surface area (Å²) in [5.74, 6) is -0.855. The number of amides is 1. The summed E-state index contributed by atoms with van der Waals surface area (Å²) >= 11 is 12.4. The minimum Gasteiger partial charge on any atom is -0.507 e. The first kappa shape index (κ1) is 23.5. The number of hydrogen-bond acceptors (Lipinski definition) is 5. The first-order chi connectivity index (χ1) is 16.8. The molecule has 2 aromatic carbocycles. The molecule has 1 amide bonds. The second-order valence-electron chi connectivity index (χ2n) is 8.78. The Morgan fingerprint density at radius 3 is 2.71 bits per heavy atom. The van der Waals surface area contributed by atoms with Gasteiger partial charge in [0.2, 0.25) is 0 Å². The van der Waals surface area contributed by atoms with E-state index in [4.69, 9.17) is 27.9 Å². The Balaban J connectivity index is 1.55. The molecule has 2 aliphatic heterocycles. The highest BCUT2D eigenvalue weighted by atomic mass is 35.5. The van der Waals surface area contributed by atoms with E-state index in [-0.39, 0.29) is 17.4 Å². The van der Waals surface area contributed by atoms with Crippen molar-refractivity contribution in [3.8, 4) is 5.75 Å². The van der Waals surface area contributed by atoms with Crippen LogP contribution >= 0.6 is 23.2 Å². The van der Waals surface area contributed by atoms with E-state index in [2.05, 4.69) is 4.98 Å². The van der Waals surface area contributed by atoms with Crippen LogP contribution < -0.4 is 4.74 Å². The molecule has 0 bridgehead atoms. The number of benzene rings is 2. The first-order valence-corrected chi connectivity index (χ1v) is 12.1. The molecule has 1 saturated heterocycles. The van der Waals surface area contributed by atoms with Crippen LogP contribution in [0.15, 0.2) is 60.7 Å². The van der Waals surface area contributed by atoms with E-state index in [1.807, 2.05) is 23.8 Å². The first-order valence-electron chi connectivity index (χ1n) is 11.3. The van der Waals surface area contributed by atoms with Crippen molar-refractivity contribution in [2.75, 3.05) is 6.54 Å². The van der Waals surface area contributed by atoms with E-state index in [0.29, 0.717) is 47.1 Å². The summed E-state index contributed by atoms with van der Waals surface area (Å²) in [7, 11) is 0. The number of ether oxygens (including phenoxy) is 1. The number of carbonyl (C=O) groups is 2. The number of aliphatic hydroxyl groups excluding tert-OH is 1. The predicted molar refractivity (Wildman–Crippen MR) is 133 cm³/mol. The molecule has 1 N–H and O–H groups in total. The number of imidazole rings is 1. The van der Waals surface area contributed by atoms with Crippen molar-refractivity contribution < 1.29 is 19.4 Å². The van der Waals surface area contributed by atoms with Crippen LogP contribution in [0, 0.1) is 0 Å². The fourth-order valence-electron chi connectivity index (χ4n) is 4.71. The monoisotopic (exact) mass is 511 g/mol. The third-order valence-corrected chi connectivity index (χ3v) is 7.08. The lowest BCUT2D eigenvalue weighted by molar-refractivity contribution is -0.139. The standard InChI is InChI=1S/C26H23Cl2N3O4/c1-15-11-18-12-17(4-6-21(18)35-15)24(32)22-23(16-3-5-19(27)20(28)13-16)31(26(34)25(22)33)9-2-8-30-10-7-29-14-30/h3-7,10,12-15,23,32H,2,8-9,11H2,1H3/t15-,23-/m0/s1. The van der Waals surface area contributed by atoms with Crippen LogP contribution in [0.1, 0.15) is 36.1 Å². The van der Waals surface area contributed by atoms with Crippen molar-refractivity contribution in [3.05, 3.63) is 87.4 Å². The lowest BCUT2D eigenvalue weighted by atomic mass is 9.94. The van der Waals surface area contributed by atoms with Gasteiger partial charge in [0.1, 0.15) is 17.6 Å². The normalized spacial score (nSPS) is 20.8. The highest BCUT2D eigenvalue weighted by Crippen LogP contribution is 2.42. The molecule has 0 aliphatic carbocycles. The summed E-state index contributed by atoms with van der Waals surface area (Å²) in [5, 5.41) is 12.0. The van der Waals surface area contributed by atoms with Gasteiger partial charge >= 0.3 is 0 Å². The summed E-state index contributed by atoms with van der Waals surface area (Å²) in [5.41, 5.74) is 2.04. The van der Waals surface area contributed by atoms with Crippen molar-refractivity contribution in [1.29, 1.82) is 0 Å². The summed E-state index contributed by atoms with van der Waals surface area (Å²) < 4.78 is 7.65. The molecule has 9 heteroatoms. The molecule has 7 nitrogen and oxygen atoms in total. The molecule has 1 aromatic heterocycles. The SMILES string of the molecule is C[C@H]1Cc2cc(C(O)=C3C(=O)C(=O)N(CCCn4ccnc4)[C@H]3c3ccc(Cl)c(Cl)c3)ccc2O1. The Morgan fingerprint density at radius 2 is 1.97 bits per heavy atom. The molecule has 35 heavy (non-hydrogen) atoms. The zero-order valence-electron chi connectivity index (χ0n) is 18.9. The zero-order chi connectivity index (χ0) is 24.7. The number of aryl methyl sites for hydroxylation is 1. The van der Waals surface area contributed by atoms with E-state index >= 15 is 0 Å². The molecule has 2 aliphatic rings. The fraction of sp³-hybridized carbons (Fsp3) is 0.269. The summed E-state index contributed by atoms with van der Waals surface area (Å²) in [6.45, 7) is 2.90. The van der Waals surface area contributed by atoms with E-state index < -0.39 is 17.7 Å². The average Bonchev–Trinajstić information content (AvgIpc) is 3.54. The van der Waals surface area contributed by atoms with Gasteiger partial charge in [0.15, 0.2) is 0 Å². The van der Waals surface area contributed by atoms with Crippen LogP contribution in [0.4, 0.5) is 0 Å². The minimum atomic E-state index is -0.795. The number of nitrogens with zero attached hydrogens (tertiary/aromatic N) is 3. The van der Waals surface area contributed by atoms with Crippen molar-refractivity contribution in [2.45, 2.75) is 38.5 Å². The van der Waals surface area contributed by atoms with Gasteiger partial charge in [-0.25, -0.2) is 4.98 Å². The van der Waals surface area contributed by atoms with Gasteiger partial charge in [0.25, 0.3) is 11.7 Å². The highest BCUT2D eigenvalue weighted by molar-refractivity contribution is 6.46. The van der Waals surface area contributed by atoms with Gasteiger partial charge in [-0.15, -0.1) is 0 Å². The van der Waals surface area contributed by atoms with Crippen molar-refractivity contribution in [1.82, 2.24) is 14.5 Å². The van der Waals surface area contributed by atoms with Crippen LogP contribution in [0.25, 0.3) is 5.76 Å². The van der Waals surface area contributed by atoms with E-state index in [9.17, 15) is 14.7 Å². The van der Waals surface area contributed by atoms with E-state index in [1.165, 1.54) is 4.90 Å². The number of halogens is 2. The summed E-state index contributed by atoms with van der Waals surface area (Å²) in [4.78, 5) is 31.9. The number of carbonyl (C=O) groups excluding carboxylic acids is 2. The Morgan fingerprint density at radius 1 is 1.14 bits per heavy atom. The zero-order valence-corrected chi connectivity index (χ0v) is 20.5. The Kier molecular flexibility index (Phi) is 6.30. The van der Waals surface area contributed by atoms with Crippen LogP contribution in [-0.2, 0) is 22.6 Å². The number of rotatable bonds is 6. The van der Waals surface area contributed by atoms with E-state index in [0.717, 1.165) is 11.3 Å². The molecule has 180 valence electrons. The highest BCUT2D eigenvalue weighted by Gasteiger charge is 2.46. The van der Waals surface area contributed by atoms with Gasteiger partial charge < -0.3 is 19.3 Å². The number of fused-ring (bicyclic) bond motifs is 1. The quantitative estimate of drug-likeness (QED) is 0.285. The van der Waals surface area contributed by atoms with Gasteiger partial charge in [-0.2, -0.15) is 0 Å². The third-order valence-electron chi connectivity index (χ3n) is 6.34. The van der Waals surface area contributed by atoms with Crippen LogP contribution in [-0.4, -0.2) is 43.9 Å². The van der Waals surface area contributed by atoms with Crippen LogP contribution in [0.2, 0.25) is 10.0 Å². The minimum absolute atomic E-state index is 0.0305. The maximum atomic E-state index is 13.2. The van der Waals surface area contributed by atoms with Crippen LogP contribution in [0.5, 0.6) is 5.75 Å². The van der Waals surface area contributed by atoms with Crippen LogP contribution in [0.3, 0.4) is 0 Å². The van der Waals surface area contributed by atoms with Gasteiger partial charge in [0, 0.05) is 37.5 Å². The smallest absolute Gasteiger partial charge is 0.295 e. The van der Waals surface area contributed by atoms with Crippen molar-refractivity contribution in [2.24, 2.45) is 0 Å². The van der Waals surface area contributed by atoms with Gasteiger partial charge in [0.05, 0.1) is 28.0 Å². The number of aliphatic hydroxyl groups is 1. The predicted octanol–water partition coefficient (Wildman–Crippen LogP) is 5.03. The Labute approximate surface area is 212 Å². The Bertz CT molecular complexity index is 1340. The molecule has 1 fully saturated rings. The molecule has 0 spiro atoms. The maximum absolute atomic E-state index is 13.2. The lowest BCUT2D eigenvalue weighted by Crippen LogP contribution is -2.31. The average molecular weight is 512 g/mol. The molecule has 5 rings (SSSR count). The molecule has 0 unspecified atom stereocenters. The lowest BCUT2D eigenvalue weighted by Gasteiger charge is -2.25. The number of hydrogen-bond donors (Lipinski definition) is 1.